The van der Waals surface area contributed by atoms with E-state index >= 15 is 0 Å². The number of aryl methyl sites for hydroxylation is 1. The summed E-state index contributed by atoms with van der Waals surface area (Å²) in [6.07, 6.45) is 6.22. The number of amides is 1. The van der Waals surface area contributed by atoms with Gasteiger partial charge in [0.05, 0.1) is 11.6 Å². The molecule has 2 fully saturated rings. The van der Waals surface area contributed by atoms with Crippen molar-refractivity contribution in [3.05, 3.63) is 47.2 Å². The lowest BCUT2D eigenvalue weighted by Crippen LogP contribution is -2.49. The highest BCUT2D eigenvalue weighted by molar-refractivity contribution is 5.94. The molecule has 0 bridgehead atoms. The maximum Gasteiger partial charge on any atom is 0.254 e. The normalized spacial score (nSPS) is 17.5. The molecule has 1 amide bonds. The fourth-order valence-corrected chi connectivity index (χ4v) is 4.25. The molecule has 30 heavy (non-hydrogen) atoms. The van der Waals surface area contributed by atoms with Crippen LogP contribution in [-0.2, 0) is 0 Å². The minimum atomic E-state index is -0.0229. The van der Waals surface area contributed by atoms with Gasteiger partial charge in [0.15, 0.2) is 0 Å². The van der Waals surface area contributed by atoms with Crippen molar-refractivity contribution in [3.8, 4) is 6.07 Å². The Hall–Kier alpha value is -3.14. The van der Waals surface area contributed by atoms with Crippen LogP contribution in [0.1, 0.15) is 53.7 Å². The smallest absolute Gasteiger partial charge is 0.254 e. The Bertz CT molecular complexity index is 939. The summed E-state index contributed by atoms with van der Waals surface area (Å²) in [4.78, 5) is 26.2. The Kier molecular flexibility index (Phi) is 6.12. The van der Waals surface area contributed by atoms with Crippen molar-refractivity contribution in [1.82, 2.24) is 14.9 Å². The van der Waals surface area contributed by atoms with Gasteiger partial charge in [-0.25, -0.2) is 4.98 Å². The second-order valence-electron chi connectivity index (χ2n) is 8.14. The summed E-state index contributed by atoms with van der Waals surface area (Å²) in [5, 5.41) is 12.6. The van der Waals surface area contributed by atoms with E-state index in [1.807, 2.05) is 17.9 Å². The topological polar surface area (TPSA) is 85.2 Å². The molecule has 1 aliphatic carbocycles. The van der Waals surface area contributed by atoms with Crippen molar-refractivity contribution >= 4 is 17.7 Å². The van der Waals surface area contributed by atoms with E-state index in [-0.39, 0.29) is 5.91 Å². The summed E-state index contributed by atoms with van der Waals surface area (Å²) in [6.45, 7) is 4.71. The van der Waals surface area contributed by atoms with E-state index < -0.39 is 0 Å². The fraction of sp³-hybridized carbons (Fsp3) is 0.478. The summed E-state index contributed by atoms with van der Waals surface area (Å²) in [5.74, 6) is 1.60. The first-order valence-corrected chi connectivity index (χ1v) is 10.8. The van der Waals surface area contributed by atoms with Crippen molar-refractivity contribution in [2.45, 2.75) is 45.1 Å². The first kappa shape index (κ1) is 20.1. The molecule has 1 aromatic heterocycles. The molecule has 156 valence electrons. The predicted octanol–water partition coefficient (Wildman–Crippen LogP) is 3.36. The van der Waals surface area contributed by atoms with Gasteiger partial charge in [-0.3, -0.25) is 4.79 Å². The minimum absolute atomic E-state index is 0.0229. The number of hydrogen-bond donors (Lipinski definition) is 1. The lowest BCUT2D eigenvalue weighted by Gasteiger charge is -2.35. The monoisotopic (exact) mass is 404 g/mol. The zero-order valence-corrected chi connectivity index (χ0v) is 17.5. The van der Waals surface area contributed by atoms with Gasteiger partial charge >= 0.3 is 0 Å². The second-order valence-corrected chi connectivity index (χ2v) is 8.14. The van der Waals surface area contributed by atoms with Gasteiger partial charge in [-0.2, -0.15) is 10.2 Å². The summed E-state index contributed by atoms with van der Waals surface area (Å²) in [5.41, 5.74) is 2.03. The molecule has 7 heteroatoms. The molecule has 1 N–H and O–H groups in total. The van der Waals surface area contributed by atoms with E-state index in [0.29, 0.717) is 36.2 Å². The van der Waals surface area contributed by atoms with E-state index in [2.05, 4.69) is 21.3 Å². The largest absolute Gasteiger partial charge is 0.353 e. The van der Waals surface area contributed by atoms with E-state index in [9.17, 15) is 4.79 Å². The van der Waals surface area contributed by atoms with Crippen LogP contribution in [0.4, 0.5) is 11.8 Å². The van der Waals surface area contributed by atoms with E-state index in [1.165, 1.54) is 32.1 Å². The van der Waals surface area contributed by atoms with Crippen molar-refractivity contribution in [3.63, 3.8) is 0 Å². The number of carbonyl (C=O) groups is 1. The Morgan fingerprint density at radius 3 is 2.60 bits per heavy atom. The Labute approximate surface area is 177 Å². The summed E-state index contributed by atoms with van der Waals surface area (Å²) in [7, 11) is 0. The second kappa shape index (κ2) is 9.12. The van der Waals surface area contributed by atoms with Crippen LogP contribution in [0.25, 0.3) is 0 Å². The number of piperazine rings is 1. The van der Waals surface area contributed by atoms with Gasteiger partial charge in [0, 0.05) is 49.5 Å². The first-order valence-electron chi connectivity index (χ1n) is 10.8. The number of carbonyl (C=O) groups excluding carboxylic acids is 1. The molecule has 2 heterocycles. The van der Waals surface area contributed by atoms with Crippen LogP contribution in [-0.4, -0.2) is 53.0 Å². The average Bonchev–Trinajstić information content (AvgIpc) is 2.79. The average molecular weight is 405 g/mol. The van der Waals surface area contributed by atoms with Crippen LogP contribution in [0.15, 0.2) is 30.3 Å². The van der Waals surface area contributed by atoms with Gasteiger partial charge < -0.3 is 15.1 Å². The molecule has 0 unspecified atom stereocenters. The summed E-state index contributed by atoms with van der Waals surface area (Å²) < 4.78 is 0. The molecule has 1 aromatic carbocycles. The van der Waals surface area contributed by atoms with Crippen LogP contribution in [0.3, 0.4) is 0 Å². The van der Waals surface area contributed by atoms with Crippen molar-refractivity contribution in [1.29, 1.82) is 5.26 Å². The molecular formula is C23H28N6O. The van der Waals surface area contributed by atoms with Gasteiger partial charge in [-0.05, 0) is 38.0 Å². The van der Waals surface area contributed by atoms with Gasteiger partial charge in [-0.1, -0.05) is 25.3 Å². The number of aromatic nitrogens is 2. The molecule has 0 radical (unpaired) electrons. The summed E-state index contributed by atoms with van der Waals surface area (Å²) in [6, 6.07) is 11.5. The summed E-state index contributed by atoms with van der Waals surface area (Å²) >= 11 is 0. The van der Waals surface area contributed by atoms with Crippen LogP contribution in [0, 0.1) is 18.3 Å². The zero-order valence-electron chi connectivity index (χ0n) is 17.5. The van der Waals surface area contributed by atoms with Crippen LogP contribution >= 0.6 is 0 Å². The maximum absolute atomic E-state index is 12.8. The minimum Gasteiger partial charge on any atom is -0.353 e. The number of nitrogens with one attached hydrogen (secondary N) is 1. The number of rotatable bonds is 4. The standard InChI is InChI=1S/C23H28N6O/c1-17-14-21(27-23(25-17)26-20-8-3-2-4-9-20)28-10-12-29(13-11-28)22(30)19-7-5-6-18(15-19)16-24/h5-7,14-15,20H,2-4,8-13H2,1H3,(H,25,26,27). The van der Waals surface area contributed by atoms with Gasteiger partial charge in [0.1, 0.15) is 5.82 Å². The van der Waals surface area contributed by atoms with E-state index in [1.54, 1.807) is 24.3 Å². The first-order chi connectivity index (χ1) is 14.6. The molecule has 1 aliphatic heterocycles. The van der Waals surface area contributed by atoms with E-state index in [4.69, 9.17) is 10.2 Å². The number of nitriles is 1. The molecule has 1 saturated carbocycles. The third-order valence-electron chi connectivity index (χ3n) is 5.91. The maximum atomic E-state index is 12.8. The molecule has 2 aliphatic rings. The number of benzene rings is 1. The van der Waals surface area contributed by atoms with Crippen LogP contribution < -0.4 is 10.2 Å². The van der Waals surface area contributed by atoms with Crippen molar-refractivity contribution in [2.24, 2.45) is 0 Å². The van der Waals surface area contributed by atoms with Crippen LogP contribution in [0.5, 0.6) is 0 Å². The number of hydrogen-bond acceptors (Lipinski definition) is 6. The molecular weight excluding hydrogens is 376 g/mol. The highest BCUT2D eigenvalue weighted by Gasteiger charge is 2.24. The predicted molar refractivity (Wildman–Crippen MR) is 117 cm³/mol. The molecule has 7 nitrogen and oxygen atoms in total. The third kappa shape index (κ3) is 4.70. The lowest BCUT2D eigenvalue weighted by atomic mass is 9.96. The Balaban J connectivity index is 1.40. The van der Waals surface area contributed by atoms with E-state index in [0.717, 1.165) is 24.6 Å². The lowest BCUT2D eigenvalue weighted by molar-refractivity contribution is 0.0746. The fourth-order valence-electron chi connectivity index (χ4n) is 4.25. The zero-order chi connectivity index (χ0) is 20.9. The van der Waals surface area contributed by atoms with Gasteiger partial charge in [0.2, 0.25) is 5.95 Å². The quantitative estimate of drug-likeness (QED) is 0.841. The van der Waals surface area contributed by atoms with Gasteiger partial charge in [0.25, 0.3) is 5.91 Å². The molecule has 4 rings (SSSR count). The third-order valence-corrected chi connectivity index (χ3v) is 5.91. The molecule has 1 saturated heterocycles. The molecule has 0 atom stereocenters. The Morgan fingerprint density at radius 1 is 1.10 bits per heavy atom. The SMILES string of the molecule is Cc1cc(N2CCN(C(=O)c3cccc(C#N)c3)CC2)nc(NC2CCCCC2)n1. The Morgan fingerprint density at radius 2 is 1.87 bits per heavy atom. The van der Waals surface area contributed by atoms with Crippen LogP contribution in [0.2, 0.25) is 0 Å². The highest BCUT2D eigenvalue weighted by Crippen LogP contribution is 2.22. The molecule has 0 spiro atoms. The number of nitrogens with zero attached hydrogens (tertiary/aromatic N) is 5. The van der Waals surface area contributed by atoms with Crippen molar-refractivity contribution < 1.29 is 4.79 Å². The molecule has 2 aromatic rings. The highest BCUT2D eigenvalue weighted by atomic mass is 16.2. The van der Waals surface area contributed by atoms with Crippen molar-refractivity contribution in [2.75, 3.05) is 36.4 Å². The van der Waals surface area contributed by atoms with Gasteiger partial charge in [-0.15, -0.1) is 0 Å². The number of anilines is 2.